The molecule has 0 heterocycles. The topological polar surface area (TPSA) is 131 Å². The van der Waals surface area contributed by atoms with E-state index in [9.17, 15) is 14.5 Å². The molecule has 5 N–H and O–H groups in total. The highest BCUT2D eigenvalue weighted by Gasteiger charge is 2.50. The van der Waals surface area contributed by atoms with Crippen molar-refractivity contribution in [3.05, 3.63) is 61.0 Å². The number of nitriles is 1. The molecular weight excluding hydrogens is 393 g/mol. The van der Waals surface area contributed by atoms with Gasteiger partial charge in [0, 0.05) is 15.5 Å². The number of halogens is 3. The minimum absolute atomic E-state index is 0.254. The lowest BCUT2D eigenvalue weighted by molar-refractivity contribution is -0.556. The van der Waals surface area contributed by atoms with Crippen LogP contribution in [-0.4, -0.2) is 16.6 Å². The molecule has 0 bridgehead atoms. The Balaban J connectivity index is 2.50. The SMILES string of the molecule is N#CC1=CC(N)([N+](=O)[O-])C(N)C(F)=C1Nc1ccc(Br)cc1Cl. The summed E-state index contributed by atoms with van der Waals surface area (Å²) in [6, 6.07) is 4.69. The second-order valence-corrected chi connectivity index (χ2v) is 6.09. The third-order valence-electron chi connectivity index (χ3n) is 3.28. The zero-order valence-electron chi connectivity index (χ0n) is 11.4. The molecule has 23 heavy (non-hydrogen) atoms. The van der Waals surface area contributed by atoms with Gasteiger partial charge < -0.3 is 11.1 Å². The van der Waals surface area contributed by atoms with Crippen LogP contribution in [0.1, 0.15) is 0 Å². The quantitative estimate of drug-likeness (QED) is 0.404. The lowest BCUT2D eigenvalue weighted by Gasteiger charge is -2.28. The Labute approximate surface area is 143 Å². The molecule has 1 aromatic rings. The van der Waals surface area contributed by atoms with Crippen LogP contribution >= 0.6 is 27.5 Å². The van der Waals surface area contributed by atoms with E-state index in [-0.39, 0.29) is 16.3 Å². The van der Waals surface area contributed by atoms with E-state index in [0.29, 0.717) is 10.2 Å². The average Bonchev–Trinajstić information content (AvgIpc) is 2.49. The van der Waals surface area contributed by atoms with E-state index in [1.54, 1.807) is 24.3 Å². The van der Waals surface area contributed by atoms with E-state index in [0.717, 1.165) is 6.08 Å². The molecule has 1 aliphatic rings. The van der Waals surface area contributed by atoms with Gasteiger partial charge in [-0.05, 0) is 18.2 Å². The fourth-order valence-electron chi connectivity index (χ4n) is 1.99. The summed E-state index contributed by atoms with van der Waals surface area (Å²) in [6.45, 7) is 0. The van der Waals surface area contributed by atoms with Crippen LogP contribution in [0.15, 0.2) is 45.8 Å². The molecule has 0 saturated heterocycles. The van der Waals surface area contributed by atoms with Crippen molar-refractivity contribution in [2.45, 2.75) is 11.7 Å². The van der Waals surface area contributed by atoms with E-state index < -0.39 is 22.5 Å². The van der Waals surface area contributed by atoms with Crippen molar-refractivity contribution in [1.29, 1.82) is 5.26 Å². The minimum atomic E-state index is -2.40. The summed E-state index contributed by atoms with van der Waals surface area (Å²) in [4.78, 5) is 10.1. The zero-order chi connectivity index (χ0) is 17.4. The highest BCUT2D eigenvalue weighted by Crippen LogP contribution is 2.34. The van der Waals surface area contributed by atoms with Gasteiger partial charge in [0.15, 0.2) is 5.83 Å². The lowest BCUT2D eigenvalue weighted by Crippen LogP contribution is -2.61. The van der Waals surface area contributed by atoms with Gasteiger partial charge in [-0.2, -0.15) is 5.26 Å². The molecule has 1 aliphatic carbocycles. The van der Waals surface area contributed by atoms with Crippen molar-refractivity contribution in [2.24, 2.45) is 11.5 Å². The Hall–Kier alpha value is -1.99. The summed E-state index contributed by atoms with van der Waals surface area (Å²) in [5.74, 6) is -1.10. The third kappa shape index (κ3) is 3.07. The molecule has 2 atom stereocenters. The summed E-state index contributed by atoms with van der Waals surface area (Å²) >= 11 is 9.25. The highest BCUT2D eigenvalue weighted by molar-refractivity contribution is 9.10. The summed E-state index contributed by atoms with van der Waals surface area (Å²) in [5, 5.41) is 23.1. The molecule has 0 aromatic heterocycles. The van der Waals surface area contributed by atoms with Crippen LogP contribution in [0.4, 0.5) is 10.1 Å². The summed E-state index contributed by atoms with van der Waals surface area (Å²) in [6.07, 6.45) is 0.829. The molecule has 0 fully saturated rings. The molecular formula is C13H10BrClFN5O2. The van der Waals surface area contributed by atoms with E-state index in [1.807, 2.05) is 0 Å². The van der Waals surface area contributed by atoms with Crippen molar-refractivity contribution in [1.82, 2.24) is 0 Å². The van der Waals surface area contributed by atoms with E-state index in [1.165, 1.54) is 0 Å². The highest BCUT2D eigenvalue weighted by atomic mass is 79.9. The van der Waals surface area contributed by atoms with Crippen molar-refractivity contribution in [3.63, 3.8) is 0 Å². The van der Waals surface area contributed by atoms with Crippen LogP contribution in [0, 0.1) is 21.4 Å². The minimum Gasteiger partial charge on any atom is -0.351 e. The first-order valence-electron chi connectivity index (χ1n) is 6.14. The average molecular weight is 403 g/mol. The van der Waals surface area contributed by atoms with Crippen LogP contribution in [0.25, 0.3) is 0 Å². The molecule has 1 aromatic carbocycles. The lowest BCUT2D eigenvalue weighted by atomic mass is 9.90. The number of anilines is 1. The maximum absolute atomic E-state index is 14.5. The number of nitrogens with one attached hydrogen (secondary N) is 1. The number of nitrogens with zero attached hydrogens (tertiary/aromatic N) is 2. The van der Waals surface area contributed by atoms with Crippen molar-refractivity contribution >= 4 is 33.2 Å². The first-order valence-corrected chi connectivity index (χ1v) is 7.32. The predicted octanol–water partition coefficient (Wildman–Crippen LogP) is 2.42. The molecule has 0 saturated carbocycles. The molecule has 10 heteroatoms. The molecule has 0 radical (unpaired) electrons. The summed E-state index contributed by atoms with van der Waals surface area (Å²) < 4.78 is 15.2. The van der Waals surface area contributed by atoms with Gasteiger partial charge in [-0.1, -0.05) is 27.5 Å². The van der Waals surface area contributed by atoms with Crippen LogP contribution < -0.4 is 16.8 Å². The van der Waals surface area contributed by atoms with Gasteiger partial charge in [-0.3, -0.25) is 15.8 Å². The van der Waals surface area contributed by atoms with Gasteiger partial charge in [0.25, 0.3) is 0 Å². The standard InChI is InChI=1S/C13H10BrClFN5O2/c14-7-1-2-9(8(15)3-7)20-11-6(5-17)4-13(19,21(22)23)12(18)10(11)16/h1-4,12,20H,18-19H2. The molecule has 0 spiro atoms. The molecule has 0 amide bonds. The van der Waals surface area contributed by atoms with Crippen LogP contribution in [0.2, 0.25) is 5.02 Å². The number of allylic oxidation sites excluding steroid dienone is 1. The van der Waals surface area contributed by atoms with Crippen molar-refractivity contribution in [2.75, 3.05) is 5.32 Å². The fraction of sp³-hybridized carbons (Fsp3) is 0.154. The number of nitrogens with two attached hydrogens (primary N) is 2. The zero-order valence-corrected chi connectivity index (χ0v) is 13.7. The van der Waals surface area contributed by atoms with Crippen molar-refractivity contribution in [3.8, 4) is 6.07 Å². The van der Waals surface area contributed by atoms with E-state index in [2.05, 4.69) is 21.2 Å². The van der Waals surface area contributed by atoms with E-state index in [4.69, 9.17) is 28.3 Å². The van der Waals surface area contributed by atoms with Gasteiger partial charge in [0.05, 0.1) is 22.0 Å². The normalized spacial score (nSPS) is 24.0. The Morgan fingerprint density at radius 1 is 1.57 bits per heavy atom. The number of hydrogen-bond acceptors (Lipinski definition) is 6. The summed E-state index contributed by atoms with van der Waals surface area (Å²) in [5.41, 5.74) is 8.34. The Kier molecular flexibility index (Phi) is 4.72. The van der Waals surface area contributed by atoms with Gasteiger partial charge >= 0.3 is 5.66 Å². The van der Waals surface area contributed by atoms with Crippen LogP contribution in [0.3, 0.4) is 0 Å². The fourth-order valence-corrected chi connectivity index (χ4v) is 2.71. The van der Waals surface area contributed by atoms with Gasteiger partial charge in [0.2, 0.25) is 0 Å². The molecule has 120 valence electrons. The Morgan fingerprint density at radius 3 is 2.74 bits per heavy atom. The Bertz CT molecular complexity index is 791. The molecule has 2 unspecified atom stereocenters. The monoisotopic (exact) mass is 401 g/mol. The smallest absolute Gasteiger partial charge is 0.314 e. The maximum atomic E-state index is 14.5. The second-order valence-electron chi connectivity index (χ2n) is 4.76. The number of benzene rings is 1. The van der Waals surface area contributed by atoms with Gasteiger partial charge in [-0.15, -0.1) is 0 Å². The number of hydrogen-bond donors (Lipinski definition) is 3. The molecule has 0 aliphatic heterocycles. The van der Waals surface area contributed by atoms with Gasteiger partial charge in [0.1, 0.15) is 12.1 Å². The number of nitro groups is 1. The largest absolute Gasteiger partial charge is 0.351 e. The Morgan fingerprint density at radius 2 is 2.22 bits per heavy atom. The van der Waals surface area contributed by atoms with Crippen molar-refractivity contribution < 1.29 is 9.31 Å². The third-order valence-corrected chi connectivity index (χ3v) is 4.09. The first kappa shape index (κ1) is 17.4. The van der Waals surface area contributed by atoms with E-state index >= 15 is 0 Å². The molecule has 2 rings (SSSR count). The maximum Gasteiger partial charge on any atom is 0.314 e. The molecule has 7 nitrogen and oxygen atoms in total. The second kappa shape index (κ2) is 6.25. The predicted molar refractivity (Wildman–Crippen MR) is 86.5 cm³/mol. The summed E-state index contributed by atoms with van der Waals surface area (Å²) in [7, 11) is 0. The van der Waals surface area contributed by atoms with Crippen LogP contribution in [0.5, 0.6) is 0 Å². The van der Waals surface area contributed by atoms with Crippen LogP contribution in [-0.2, 0) is 0 Å². The number of rotatable bonds is 3. The van der Waals surface area contributed by atoms with Gasteiger partial charge in [-0.25, -0.2) is 4.39 Å². The first-order chi connectivity index (χ1) is 10.7.